The Morgan fingerprint density at radius 3 is 2.52 bits per heavy atom. The van der Waals surface area contributed by atoms with Crippen molar-refractivity contribution in [3.05, 3.63) is 56.6 Å². The van der Waals surface area contributed by atoms with E-state index in [0.29, 0.717) is 16.8 Å². The van der Waals surface area contributed by atoms with Crippen molar-refractivity contribution in [2.75, 3.05) is 5.32 Å². The Morgan fingerprint density at radius 1 is 1.24 bits per heavy atom. The van der Waals surface area contributed by atoms with Crippen molar-refractivity contribution in [2.45, 2.75) is 13.8 Å². The van der Waals surface area contributed by atoms with E-state index < -0.39 is 10.8 Å². The van der Waals surface area contributed by atoms with Crippen LogP contribution < -0.4 is 5.32 Å². The zero-order valence-corrected chi connectivity index (χ0v) is 12.0. The van der Waals surface area contributed by atoms with Crippen LogP contribution >= 0.6 is 11.6 Å². The van der Waals surface area contributed by atoms with Crippen molar-refractivity contribution in [3.8, 4) is 0 Å². The molecule has 0 spiro atoms. The normalized spacial score (nSPS) is 10.2. The number of carbonyl (C=O) groups is 1. The molecule has 2 aromatic rings. The highest BCUT2D eigenvalue weighted by atomic mass is 35.5. The number of carbonyl (C=O) groups excluding carboxylic acids is 1. The number of hydrogen-bond acceptors (Lipinski definition) is 5. The topological polar surface area (TPSA) is 98.0 Å². The molecule has 1 heterocycles. The zero-order chi connectivity index (χ0) is 15.6. The Morgan fingerprint density at radius 2 is 1.95 bits per heavy atom. The molecule has 1 amide bonds. The highest BCUT2D eigenvalue weighted by Gasteiger charge is 2.15. The third-order valence-corrected chi connectivity index (χ3v) is 3.04. The van der Waals surface area contributed by atoms with Gasteiger partial charge in [-0.25, -0.2) is 9.97 Å². The van der Waals surface area contributed by atoms with Crippen LogP contribution in [-0.2, 0) is 0 Å². The lowest BCUT2D eigenvalue weighted by atomic mass is 10.1. The maximum Gasteiger partial charge on any atom is 0.275 e. The van der Waals surface area contributed by atoms with Crippen LogP contribution in [-0.4, -0.2) is 20.8 Å². The number of nitro groups is 1. The lowest BCUT2D eigenvalue weighted by Gasteiger charge is -2.09. The first-order chi connectivity index (χ1) is 9.88. The molecular weight excluding hydrogens is 296 g/mol. The summed E-state index contributed by atoms with van der Waals surface area (Å²) in [6.45, 7) is 3.28. The van der Waals surface area contributed by atoms with Gasteiger partial charge in [0.25, 0.3) is 11.6 Å². The summed E-state index contributed by atoms with van der Waals surface area (Å²) in [4.78, 5) is 30.0. The van der Waals surface area contributed by atoms with E-state index in [4.69, 9.17) is 11.6 Å². The van der Waals surface area contributed by atoms with Crippen molar-refractivity contribution < 1.29 is 9.72 Å². The van der Waals surface area contributed by atoms with Gasteiger partial charge in [-0.15, -0.1) is 0 Å². The van der Waals surface area contributed by atoms with Crippen molar-refractivity contribution in [3.63, 3.8) is 0 Å². The fraction of sp³-hybridized carbons (Fsp3) is 0.154. The number of nitro benzene ring substituents is 1. The lowest BCUT2D eigenvalue weighted by molar-refractivity contribution is -0.385. The average molecular weight is 307 g/mol. The van der Waals surface area contributed by atoms with Crippen LogP contribution in [0.2, 0.25) is 5.15 Å². The molecule has 108 valence electrons. The van der Waals surface area contributed by atoms with Crippen molar-refractivity contribution >= 4 is 28.9 Å². The minimum absolute atomic E-state index is 0.0109. The molecule has 0 fully saturated rings. The number of anilines is 1. The van der Waals surface area contributed by atoms with Gasteiger partial charge in [0, 0.05) is 17.3 Å². The number of rotatable bonds is 3. The van der Waals surface area contributed by atoms with E-state index in [2.05, 4.69) is 15.3 Å². The molecule has 7 nitrogen and oxygen atoms in total. The molecule has 0 bridgehead atoms. The van der Waals surface area contributed by atoms with Crippen LogP contribution in [0.3, 0.4) is 0 Å². The van der Waals surface area contributed by atoms with Crippen LogP contribution in [0.1, 0.15) is 21.6 Å². The Bertz CT molecular complexity index is 716. The third-order valence-electron chi connectivity index (χ3n) is 2.84. The standard InChI is InChI=1S/C13H11ClN4O3/c1-7-4-11(18(20)21)8(2)3-9(7)17-13(19)10-5-16-12(14)6-15-10/h3-6H,1-2H3,(H,17,19). The molecule has 0 aliphatic heterocycles. The molecule has 0 saturated carbocycles. The number of amides is 1. The van der Waals surface area contributed by atoms with Gasteiger partial charge in [-0.3, -0.25) is 14.9 Å². The van der Waals surface area contributed by atoms with E-state index in [0.717, 1.165) is 0 Å². The summed E-state index contributed by atoms with van der Waals surface area (Å²) in [6.07, 6.45) is 2.52. The molecule has 1 N–H and O–H groups in total. The predicted octanol–water partition coefficient (Wildman–Crippen LogP) is 2.91. The van der Waals surface area contributed by atoms with Crippen molar-refractivity contribution in [2.24, 2.45) is 0 Å². The number of benzene rings is 1. The fourth-order valence-electron chi connectivity index (χ4n) is 1.75. The van der Waals surface area contributed by atoms with Gasteiger partial charge in [0.2, 0.25) is 0 Å². The minimum atomic E-state index is -0.462. The van der Waals surface area contributed by atoms with Gasteiger partial charge < -0.3 is 5.32 Å². The number of halogens is 1. The van der Waals surface area contributed by atoms with E-state index >= 15 is 0 Å². The largest absolute Gasteiger partial charge is 0.320 e. The summed E-state index contributed by atoms with van der Waals surface area (Å²) in [5, 5.41) is 13.7. The first kappa shape index (κ1) is 14.9. The Balaban J connectivity index is 2.27. The highest BCUT2D eigenvalue weighted by molar-refractivity contribution is 6.29. The summed E-state index contributed by atoms with van der Waals surface area (Å²) in [6, 6.07) is 2.97. The second kappa shape index (κ2) is 5.84. The Kier molecular flexibility index (Phi) is 4.13. The first-order valence-corrected chi connectivity index (χ1v) is 6.31. The summed E-state index contributed by atoms with van der Waals surface area (Å²) in [5.74, 6) is -0.462. The highest BCUT2D eigenvalue weighted by Crippen LogP contribution is 2.26. The van der Waals surface area contributed by atoms with Gasteiger partial charge in [0.1, 0.15) is 10.8 Å². The quantitative estimate of drug-likeness (QED) is 0.694. The molecule has 1 aromatic carbocycles. The van der Waals surface area contributed by atoms with E-state index in [-0.39, 0.29) is 16.5 Å². The lowest BCUT2D eigenvalue weighted by Crippen LogP contribution is -2.15. The van der Waals surface area contributed by atoms with E-state index in [9.17, 15) is 14.9 Å². The van der Waals surface area contributed by atoms with Gasteiger partial charge in [-0.1, -0.05) is 11.6 Å². The Labute approximate surface area is 125 Å². The van der Waals surface area contributed by atoms with Crippen molar-refractivity contribution in [1.29, 1.82) is 0 Å². The van der Waals surface area contributed by atoms with Crippen LogP contribution in [0.5, 0.6) is 0 Å². The summed E-state index contributed by atoms with van der Waals surface area (Å²) in [7, 11) is 0. The SMILES string of the molecule is Cc1cc([N+](=O)[O-])c(C)cc1NC(=O)c1cnc(Cl)cn1. The predicted molar refractivity (Wildman–Crippen MR) is 77.6 cm³/mol. The maximum absolute atomic E-state index is 12.0. The molecule has 8 heteroatoms. The molecular formula is C13H11ClN4O3. The molecule has 0 aliphatic carbocycles. The molecule has 21 heavy (non-hydrogen) atoms. The second-order valence-corrected chi connectivity index (χ2v) is 4.78. The van der Waals surface area contributed by atoms with Gasteiger partial charge >= 0.3 is 0 Å². The zero-order valence-electron chi connectivity index (χ0n) is 11.3. The van der Waals surface area contributed by atoms with E-state index in [1.54, 1.807) is 19.9 Å². The van der Waals surface area contributed by atoms with Crippen LogP contribution in [0, 0.1) is 24.0 Å². The minimum Gasteiger partial charge on any atom is -0.320 e. The maximum atomic E-state index is 12.0. The second-order valence-electron chi connectivity index (χ2n) is 4.39. The summed E-state index contributed by atoms with van der Waals surface area (Å²) < 4.78 is 0. The van der Waals surface area contributed by atoms with Gasteiger partial charge in [-0.05, 0) is 25.5 Å². The van der Waals surface area contributed by atoms with Crippen LogP contribution in [0.15, 0.2) is 24.5 Å². The number of aryl methyl sites for hydroxylation is 2. The van der Waals surface area contributed by atoms with E-state index in [1.165, 1.54) is 18.5 Å². The Hall–Kier alpha value is -2.54. The monoisotopic (exact) mass is 306 g/mol. The number of aromatic nitrogens is 2. The molecule has 2 rings (SSSR count). The number of nitrogens with zero attached hydrogens (tertiary/aromatic N) is 3. The third kappa shape index (κ3) is 3.32. The fourth-order valence-corrected chi connectivity index (χ4v) is 1.85. The molecule has 0 radical (unpaired) electrons. The molecule has 0 saturated heterocycles. The summed E-state index contributed by atoms with van der Waals surface area (Å²) >= 11 is 5.60. The number of nitrogens with one attached hydrogen (secondary N) is 1. The molecule has 0 unspecified atom stereocenters. The van der Waals surface area contributed by atoms with Gasteiger partial charge in [-0.2, -0.15) is 0 Å². The number of hydrogen-bond donors (Lipinski definition) is 1. The molecule has 1 aromatic heterocycles. The van der Waals surface area contributed by atoms with Gasteiger partial charge in [0.05, 0.1) is 17.3 Å². The van der Waals surface area contributed by atoms with E-state index in [1.807, 2.05) is 0 Å². The molecule has 0 atom stereocenters. The van der Waals surface area contributed by atoms with Crippen molar-refractivity contribution in [1.82, 2.24) is 9.97 Å². The van der Waals surface area contributed by atoms with Crippen LogP contribution in [0.25, 0.3) is 0 Å². The van der Waals surface area contributed by atoms with Gasteiger partial charge in [0.15, 0.2) is 0 Å². The van der Waals surface area contributed by atoms with Crippen LogP contribution in [0.4, 0.5) is 11.4 Å². The molecule has 0 aliphatic rings. The smallest absolute Gasteiger partial charge is 0.275 e. The summed E-state index contributed by atoms with van der Waals surface area (Å²) in [5.41, 5.74) is 1.65. The average Bonchev–Trinajstić information content (AvgIpc) is 2.42. The first-order valence-electron chi connectivity index (χ1n) is 5.93.